The van der Waals surface area contributed by atoms with Gasteiger partial charge in [0.15, 0.2) is 0 Å². The third kappa shape index (κ3) is 6.21. The number of pyridine rings is 1. The summed E-state index contributed by atoms with van der Waals surface area (Å²) in [5.74, 6) is -0.0141. The van der Waals surface area contributed by atoms with Crippen LogP contribution in [0.3, 0.4) is 0 Å². The van der Waals surface area contributed by atoms with Crippen LogP contribution < -0.4 is 10.2 Å². The van der Waals surface area contributed by atoms with E-state index in [1.165, 1.54) is 12.1 Å². The minimum atomic E-state index is -0.248. The van der Waals surface area contributed by atoms with Gasteiger partial charge in [0.05, 0.1) is 17.9 Å². The highest BCUT2D eigenvalue weighted by molar-refractivity contribution is 5.97. The molecule has 8 nitrogen and oxygen atoms in total. The zero-order chi connectivity index (χ0) is 28.6. The lowest BCUT2D eigenvalue weighted by molar-refractivity contribution is -0.132. The van der Waals surface area contributed by atoms with Crippen LogP contribution in [0.15, 0.2) is 36.5 Å². The number of carbonyl (C=O) groups is 2. The molecule has 216 valence electrons. The summed E-state index contributed by atoms with van der Waals surface area (Å²) in [6.45, 7) is 16.1. The molecule has 0 spiro atoms. The molecule has 0 saturated carbocycles. The Morgan fingerprint density at radius 2 is 1.82 bits per heavy atom. The molecule has 40 heavy (non-hydrogen) atoms. The number of piperazine rings is 2. The van der Waals surface area contributed by atoms with Gasteiger partial charge in [-0.25, -0.2) is 4.39 Å². The third-order valence-corrected chi connectivity index (χ3v) is 8.75. The first kappa shape index (κ1) is 28.6. The number of halogens is 1. The molecular weight excluding hydrogens is 507 g/mol. The van der Waals surface area contributed by atoms with Gasteiger partial charge in [-0.05, 0) is 49.6 Å². The lowest BCUT2D eigenvalue weighted by Crippen LogP contribution is -2.63. The molecule has 3 atom stereocenters. The Hall–Kier alpha value is -2.88. The summed E-state index contributed by atoms with van der Waals surface area (Å²) in [6.07, 6.45) is 2.52. The molecule has 1 N–H and O–H groups in total. The van der Waals surface area contributed by atoms with Gasteiger partial charge in [0.1, 0.15) is 5.82 Å². The Bertz CT molecular complexity index is 1230. The van der Waals surface area contributed by atoms with Crippen LogP contribution >= 0.6 is 0 Å². The summed E-state index contributed by atoms with van der Waals surface area (Å²) < 4.78 is 13.4. The summed E-state index contributed by atoms with van der Waals surface area (Å²) in [5, 5.41) is 3.61. The van der Waals surface area contributed by atoms with Crippen molar-refractivity contribution in [1.29, 1.82) is 0 Å². The fourth-order valence-electron chi connectivity index (χ4n) is 6.42. The molecule has 2 aromatic rings. The zero-order valence-corrected chi connectivity index (χ0v) is 24.5. The largest absolute Gasteiger partial charge is 0.340 e. The Labute approximate surface area is 237 Å². The van der Waals surface area contributed by atoms with Gasteiger partial charge in [0.25, 0.3) is 0 Å². The second-order valence-corrected chi connectivity index (χ2v) is 12.6. The monoisotopic (exact) mass is 550 g/mol. The number of rotatable bonds is 6. The fourth-order valence-corrected chi connectivity index (χ4v) is 6.42. The van der Waals surface area contributed by atoms with Crippen LogP contribution in [0.4, 0.5) is 10.1 Å². The topological polar surface area (TPSA) is 72.0 Å². The number of hydrogen-bond acceptors (Lipinski definition) is 6. The van der Waals surface area contributed by atoms with E-state index in [4.69, 9.17) is 4.98 Å². The van der Waals surface area contributed by atoms with Crippen LogP contribution in [0.5, 0.6) is 0 Å². The third-order valence-electron chi connectivity index (χ3n) is 8.75. The van der Waals surface area contributed by atoms with Crippen LogP contribution in [-0.2, 0) is 21.4 Å². The van der Waals surface area contributed by atoms with Gasteiger partial charge < -0.3 is 15.1 Å². The van der Waals surface area contributed by atoms with Gasteiger partial charge in [-0.15, -0.1) is 0 Å². The fraction of sp³-hybridized carbons (Fsp3) is 0.581. The Kier molecular flexibility index (Phi) is 8.27. The molecular formula is C31H43FN6O2. The quantitative estimate of drug-likeness (QED) is 0.597. The average molecular weight is 551 g/mol. The maximum absolute atomic E-state index is 13.9. The van der Waals surface area contributed by atoms with Gasteiger partial charge in [-0.1, -0.05) is 26.0 Å². The van der Waals surface area contributed by atoms with E-state index >= 15 is 0 Å². The number of anilines is 1. The number of nitrogens with one attached hydrogen (secondary N) is 1. The van der Waals surface area contributed by atoms with E-state index in [2.05, 4.69) is 48.9 Å². The number of fused-ring (bicyclic) bond motifs is 1. The molecule has 0 bridgehead atoms. The van der Waals surface area contributed by atoms with E-state index in [9.17, 15) is 14.0 Å². The number of benzene rings is 1. The number of aromatic nitrogens is 1. The zero-order valence-electron chi connectivity index (χ0n) is 24.5. The van der Waals surface area contributed by atoms with E-state index in [1.54, 1.807) is 19.1 Å². The second kappa shape index (κ2) is 11.5. The predicted octanol–water partition coefficient (Wildman–Crippen LogP) is 2.65. The van der Waals surface area contributed by atoms with Crippen molar-refractivity contribution in [3.63, 3.8) is 0 Å². The highest BCUT2D eigenvalue weighted by Crippen LogP contribution is 2.39. The average Bonchev–Trinajstić information content (AvgIpc) is 3.18. The van der Waals surface area contributed by atoms with Crippen LogP contribution in [0.1, 0.15) is 51.4 Å². The lowest BCUT2D eigenvalue weighted by Gasteiger charge is -2.45. The molecule has 9 heteroatoms. The van der Waals surface area contributed by atoms with E-state index < -0.39 is 0 Å². The van der Waals surface area contributed by atoms with Crippen molar-refractivity contribution in [1.82, 2.24) is 25.0 Å². The molecule has 5 rings (SSSR count). The summed E-state index contributed by atoms with van der Waals surface area (Å²) in [5.41, 5.74) is 3.62. The highest BCUT2D eigenvalue weighted by Gasteiger charge is 2.41. The van der Waals surface area contributed by atoms with Gasteiger partial charge >= 0.3 is 0 Å². The number of carbonyl (C=O) groups excluding carboxylic acids is 2. The smallest absolute Gasteiger partial charge is 0.241 e. The van der Waals surface area contributed by atoms with Crippen LogP contribution in [0.2, 0.25) is 0 Å². The van der Waals surface area contributed by atoms with Crippen molar-refractivity contribution in [3.8, 4) is 0 Å². The molecule has 0 aliphatic carbocycles. The van der Waals surface area contributed by atoms with Crippen molar-refractivity contribution < 1.29 is 14.0 Å². The molecule has 2 fully saturated rings. The second-order valence-electron chi connectivity index (χ2n) is 12.6. The predicted molar refractivity (Wildman–Crippen MR) is 155 cm³/mol. The minimum absolute atomic E-state index is 0.0982. The molecule has 1 unspecified atom stereocenters. The van der Waals surface area contributed by atoms with Crippen molar-refractivity contribution >= 4 is 17.5 Å². The first-order valence-electron chi connectivity index (χ1n) is 14.5. The molecule has 1 aromatic heterocycles. The van der Waals surface area contributed by atoms with Gasteiger partial charge in [-0.3, -0.25) is 24.4 Å². The minimum Gasteiger partial charge on any atom is -0.340 e. The molecule has 1 aromatic carbocycles. The van der Waals surface area contributed by atoms with Gasteiger partial charge in [0, 0.05) is 82.5 Å². The van der Waals surface area contributed by atoms with E-state index in [-0.39, 0.29) is 35.1 Å². The summed E-state index contributed by atoms with van der Waals surface area (Å²) in [6, 6.07) is 9.43. The first-order valence-corrected chi connectivity index (χ1v) is 14.5. The lowest BCUT2D eigenvalue weighted by atomic mass is 9.91. The van der Waals surface area contributed by atoms with Gasteiger partial charge in [0.2, 0.25) is 11.8 Å². The van der Waals surface area contributed by atoms with E-state index in [1.807, 2.05) is 16.0 Å². The van der Waals surface area contributed by atoms with Crippen molar-refractivity contribution in [3.05, 3.63) is 59.2 Å². The van der Waals surface area contributed by atoms with Crippen LogP contribution in [0.25, 0.3) is 0 Å². The van der Waals surface area contributed by atoms with Crippen molar-refractivity contribution in [2.24, 2.45) is 0 Å². The Morgan fingerprint density at radius 3 is 2.52 bits per heavy atom. The molecule has 3 aliphatic heterocycles. The van der Waals surface area contributed by atoms with Crippen LogP contribution in [0, 0.1) is 5.82 Å². The van der Waals surface area contributed by atoms with E-state index in [0.717, 1.165) is 61.8 Å². The van der Waals surface area contributed by atoms with E-state index in [0.29, 0.717) is 25.6 Å². The number of hydrogen-bond donors (Lipinski definition) is 1. The standard InChI is InChI=1S/C31H43FN6O2/c1-21-16-37(27(15-33-21)18-35-10-11-36(23(3)39)17-22(35)2)19-29(40)38-20-31(4,5)30-28(38)13-25(14-34-30)12-24-6-8-26(32)9-7-24/h6-9,13-14,21-22,27,33H,10-12,15-20H2,1-5H3/t21-,22?,27-/m1/s1. The van der Waals surface area contributed by atoms with Gasteiger partial charge in [-0.2, -0.15) is 0 Å². The summed E-state index contributed by atoms with van der Waals surface area (Å²) in [4.78, 5) is 39.3. The maximum Gasteiger partial charge on any atom is 0.241 e. The van der Waals surface area contributed by atoms with Crippen molar-refractivity contribution in [2.45, 2.75) is 64.6 Å². The number of nitrogens with zero attached hydrogens (tertiary/aromatic N) is 5. The highest BCUT2D eigenvalue weighted by atomic mass is 19.1. The molecule has 2 saturated heterocycles. The normalized spacial score (nSPS) is 25.2. The molecule has 4 heterocycles. The summed E-state index contributed by atoms with van der Waals surface area (Å²) in [7, 11) is 0. The molecule has 0 radical (unpaired) electrons. The molecule has 3 aliphatic rings. The first-order chi connectivity index (χ1) is 19.0. The maximum atomic E-state index is 13.9. The molecule has 2 amide bonds. The number of amides is 2. The SMILES string of the molecule is CC(=O)N1CCN(C[C@H]2CN[C@H](C)CN2CC(=O)N2CC(C)(C)c3ncc(Cc4ccc(F)cc4)cc32)C(C)C1. The Morgan fingerprint density at radius 1 is 1.07 bits per heavy atom. The van der Waals surface area contributed by atoms with Crippen LogP contribution in [-0.4, -0.2) is 102 Å². The summed E-state index contributed by atoms with van der Waals surface area (Å²) >= 11 is 0. The Balaban J connectivity index is 1.30. The van der Waals surface area contributed by atoms with Crippen molar-refractivity contribution in [2.75, 3.05) is 57.3 Å².